The van der Waals surface area contributed by atoms with Crippen molar-refractivity contribution in [1.29, 1.82) is 0 Å². The zero-order valence-electron chi connectivity index (χ0n) is 9.28. The molecule has 4 nitrogen and oxygen atoms in total. The number of nitrogens with one attached hydrogen (secondary N) is 1. The summed E-state index contributed by atoms with van der Waals surface area (Å²) in [5, 5.41) is 2.92. The molecule has 0 aliphatic heterocycles. The van der Waals surface area contributed by atoms with Gasteiger partial charge in [0.15, 0.2) is 0 Å². The van der Waals surface area contributed by atoms with Gasteiger partial charge in [-0.25, -0.2) is 9.78 Å². The van der Waals surface area contributed by atoms with Gasteiger partial charge < -0.3 is 4.74 Å². The third kappa shape index (κ3) is 5.78. The van der Waals surface area contributed by atoms with E-state index >= 15 is 0 Å². The molecule has 0 atom stereocenters. The van der Waals surface area contributed by atoms with Crippen molar-refractivity contribution in [3.8, 4) is 0 Å². The first-order chi connectivity index (χ1) is 6.87. The fourth-order valence-electron chi connectivity index (χ4n) is 0.871. The molecule has 1 aromatic rings. The van der Waals surface area contributed by atoms with E-state index < -0.39 is 11.7 Å². The largest absolute Gasteiger partial charge is 0.444 e. The van der Waals surface area contributed by atoms with Crippen molar-refractivity contribution in [1.82, 2.24) is 4.98 Å². The summed E-state index contributed by atoms with van der Waals surface area (Å²) in [6.07, 6.45) is 0.957. The van der Waals surface area contributed by atoms with Gasteiger partial charge in [0.25, 0.3) is 0 Å². The van der Waals surface area contributed by atoms with Crippen LogP contribution < -0.4 is 5.32 Å². The van der Waals surface area contributed by atoms with E-state index in [1.54, 1.807) is 32.9 Å². The molecule has 1 N–H and O–H groups in total. The van der Waals surface area contributed by atoms with E-state index in [0.717, 1.165) is 0 Å². The first-order valence-electron chi connectivity index (χ1n) is 4.48. The van der Waals surface area contributed by atoms with Crippen LogP contribution in [0.1, 0.15) is 20.8 Å². The fourth-order valence-corrected chi connectivity index (χ4v) is 0.983. The van der Waals surface area contributed by atoms with Crippen molar-refractivity contribution in [2.24, 2.45) is 0 Å². The van der Waals surface area contributed by atoms with Crippen LogP contribution in [-0.4, -0.2) is 16.7 Å². The van der Waals surface area contributed by atoms with Crippen LogP contribution in [0, 0.1) is 0 Å². The number of pyridine rings is 1. The van der Waals surface area contributed by atoms with Crippen LogP contribution in [0.3, 0.4) is 0 Å². The third-order valence-corrected chi connectivity index (χ3v) is 1.60. The van der Waals surface area contributed by atoms with Gasteiger partial charge in [0.1, 0.15) is 10.8 Å². The summed E-state index contributed by atoms with van der Waals surface area (Å²) in [4.78, 5) is 15.1. The van der Waals surface area contributed by atoms with E-state index in [1.807, 2.05) is 0 Å². The highest BCUT2D eigenvalue weighted by atomic mass is 35.5. The number of hydrogen-bond acceptors (Lipinski definition) is 3. The molecule has 0 spiro atoms. The predicted molar refractivity (Wildman–Crippen MR) is 66.4 cm³/mol. The molecule has 0 aliphatic rings. The standard InChI is InChI=1S/C10H13ClN2O2.ClH/c1-10(2,3)15-9(14)13-7-4-5-8(11)12-6-7;/h4-6H,1-3H3,(H,13,14);1H. The molecule has 0 bridgehead atoms. The lowest BCUT2D eigenvalue weighted by Crippen LogP contribution is -2.27. The molecule has 0 saturated heterocycles. The van der Waals surface area contributed by atoms with Crippen LogP contribution in [0.15, 0.2) is 18.3 Å². The molecule has 0 saturated carbocycles. The maximum atomic E-state index is 11.3. The quantitative estimate of drug-likeness (QED) is 0.790. The van der Waals surface area contributed by atoms with Gasteiger partial charge in [0.2, 0.25) is 0 Å². The summed E-state index contributed by atoms with van der Waals surface area (Å²) in [5.41, 5.74) is 0.0397. The summed E-state index contributed by atoms with van der Waals surface area (Å²) in [7, 11) is 0. The molecule has 0 fully saturated rings. The molecule has 6 heteroatoms. The monoisotopic (exact) mass is 264 g/mol. The van der Waals surface area contributed by atoms with Crippen LogP contribution in [0.2, 0.25) is 5.15 Å². The van der Waals surface area contributed by atoms with Gasteiger partial charge in [0, 0.05) is 0 Å². The minimum Gasteiger partial charge on any atom is -0.444 e. The molecule has 0 aliphatic carbocycles. The van der Waals surface area contributed by atoms with Crippen molar-refractivity contribution < 1.29 is 9.53 Å². The number of ether oxygens (including phenoxy) is 1. The fraction of sp³-hybridized carbons (Fsp3) is 0.400. The van der Waals surface area contributed by atoms with Gasteiger partial charge in [0.05, 0.1) is 11.9 Å². The van der Waals surface area contributed by atoms with E-state index in [4.69, 9.17) is 16.3 Å². The Morgan fingerprint density at radius 3 is 2.50 bits per heavy atom. The smallest absolute Gasteiger partial charge is 0.412 e. The predicted octanol–water partition coefficient (Wildman–Crippen LogP) is 3.50. The number of carbonyl (C=O) groups is 1. The minimum atomic E-state index is -0.510. The van der Waals surface area contributed by atoms with Crippen molar-refractivity contribution in [2.45, 2.75) is 26.4 Å². The number of amides is 1. The molecule has 1 rings (SSSR count). The number of hydrogen-bond donors (Lipinski definition) is 1. The summed E-state index contributed by atoms with van der Waals surface area (Å²) < 4.78 is 5.06. The van der Waals surface area contributed by atoms with E-state index in [-0.39, 0.29) is 12.4 Å². The van der Waals surface area contributed by atoms with Crippen LogP contribution in [0.4, 0.5) is 10.5 Å². The Labute approximate surface area is 106 Å². The Kier molecular flexibility index (Phi) is 5.55. The average Bonchev–Trinajstić information content (AvgIpc) is 2.05. The molecular formula is C10H14Cl2N2O2. The van der Waals surface area contributed by atoms with Crippen molar-refractivity contribution in [3.05, 3.63) is 23.5 Å². The van der Waals surface area contributed by atoms with Crippen molar-refractivity contribution in [3.63, 3.8) is 0 Å². The number of carbonyl (C=O) groups excluding carboxylic acids is 1. The second-order valence-electron chi connectivity index (χ2n) is 4.00. The number of anilines is 1. The molecule has 0 radical (unpaired) electrons. The molecule has 0 unspecified atom stereocenters. The Morgan fingerprint density at radius 1 is 1.44 bits per heavy atom. The highest BCUT2D eigenvalue weighted by molar-refractivity contribution is 6.29. The number of nitrogens with zero attached hydrogens (tertiary/aromatic N) is 1. The van der Waals surface area contributed by atoms with Gasteiger partial charge in [-0.1, -0.05) is 11.6 Å². The van der Waals surface area contributed by atoms with Crippen LogP contribution >= 0.6 is 24.0 Å². The first-order valence-corrected chi connectivity index (χ1v) is 4.86. The Morgan fingerprint density at radius 2 is 2.06 bits per heavy atom. The molecule has 1 aromatic heterocycles. The van der Waals surface area contributed by atoms with Gasteiger partial charge in [-0.3, -0.25) is 5.32 Å². The zero-order chi connectivity index (χ0) is 11.5. The lowest BCUT2D eigenvalue weighted by molar-refractivity contribution is 0.0636. The Bertz CT molecular complexity index is 347. The second kappa shape index (κ2) is 5.92. The third-order valence-electron chi connectivity index (χ3n) is 1.37. The summed E-state index contributed by atoms with van der Waals surface area (Å²) in [5.74, 6) is 0. The summed E-state index contributed by atoms with van der Waals surface area (Å²) in [6.45, 7) is 5.39. The van der Waals surface area contributed by atoms with Crippen LogP contribution in [0.5, 0.6) is 0 Å². The Hall–Kier alpha value is -1.00. The first kappa shape index (κ1) is 15.0. The summed E-state index contributed by atoms with van der Waals surface area (Å²) >= 11 is 5.60. The van der Waals surface area contributed by atoms with Crippen molar-refractivity contribution in [2.75, 3.05) is 5.32 Å². The molecule has 0 aromatic carbocycles. The maximum Gasteiger partial charge on any atom is 0.412 e. The molecule has 16 heavy (non-hydrogen) atoms. The molecule has 1 heterocycles. The normalized spacial score (nSPS) is 10.2. The van der Waals surface area contributed by atoms with Gasteiger partial charge >= 0.3 is 6.09 Å². The van der Waals surface area contributed by atoms with Crippen LogP contribution in [0.25, 0.3) is 0 Å². The van der Waals surface area contributed by atoms with E-state index in [2.05, 4.69) is 10.3 Å². The lowest BCUT2D eigenvalue weighted by atomic mass is 10.2. The van der Waals surface area contributed by atoms with Gasteiger partial charge in [-0.05, 0) is 32.9 Å². The highest BCUT2D eigenvalue weighted by Gasteiger charge is 2.15. The maximum absolute atomic E-state index is 11.3. The number of halogens is 2. The molecular weight excluding hydrogens is 251 g/mol. The van der Waals surface area contributed by atoms with Crippen LogP contribution in [-0.2, 0) is 4.74 Å². The lowest BCUT2D eigenvalue weighted by Gasteiger charge is -2.19. The number of rotatable bonds is 1. The van der Waals surface area contributed by atoms with Gasteiger partial charge in [-0.15, -0.1) is 12.4 Å². The number of aromatic nitrogens is 1. The van der Waals surface area contributed by atoms with E-state index in [9.17, 15) is 4.79 Å². The minimum absolute atomic E-state index is 0. The molecule has 90 valence electrons. The second-order valence-corrected chi connectivity index (χ2v) is 4.38. The van der Waals surface area contributed by atoms with E-state index in [1.165, 1.54) is 6.20 Å². The highest BCUT2D eigenvalue weighted by Crippen LogP contribution is 2.12. The zero-order valence-corrected chi connectivity index (χ0v) is 10.9. The van der Waals surface area contributed by atoms with E-state index in [0.29, 0.717) is 10.8 Å². The Balaban J connectivity index is 0.00000225. The topological polar surface area (TPSA) is 51.2 Å². The summed E-state index contributed by atoms with van der Waals surface area (Å²) in [6, 6.07) is 3.24. The van der Waals surface area contributed by atoms with Crippen molar-refractivity contribution >= 4 is 35.8 Å². The van der Waals surface area contributed by atoms with Gasteiger partial charge in [-0.2, -0.15) is 0 Å². The average molecular weight is 265 g/mol. The molecule has 1 amide bonds. The SMILES string of the molecule is CC(C)(C)OC(=O)Nc1ccc(Cl)nc1.Cl.